The van der Waals surface area contributed by atoms with E-state index in [9.17, 15) is 0 Å². The van der Waals surface area contributed by atoms with Crippen molar-refractivity contribution in [1.82, 2.24) is 0 Å². The Balaban J connectivity index is 1.10. The number of benzene rings is 1. The second-order valence-corrected chi connectivity index (χ2v) is 13.1. The van der Waals surface area contributed by atoms with Crippen molar-refractivity contribution in [1.29, 1.82) is 0 Å². The Hall–Kier alpha value is -0.980. The van der Waals surface area contributed by atoms with Crippen LogP contribution in [-0.4, -0.2) is 6.61 Å². The number of fused-ring (bicyclic) bond motifs is 1. The molecule has 0 radical (unpaired) electrons. The van der Waals surface area contributed by atoms with Gasteiger partial charge in [0.2, 0.25) is 0 Å². The number of ether oxygens (including phenoxy) is 1. The third-order valence-corrected chi connectivity index (χ3v) is 10.5. The molecule has 1 aromatic carbocycles. The van der Waals surface area contributed by atoms with Crippen LogP contribution in [0.5, 0.6) is 5.75 Å². The average Bonchev–Trinajstić information content (AvgIpc) is 2.92. The predicted molar refractivity (Wildman–Crippen MR) is 156 cm³/mol. The van der Waals surface area contributed by atoms with Crippen LogP contribution >= 0.6 is 0 Å². The molecule has 4 atom stereocenters. The predicted octanol–water partition coefficient (Wildman–Crippen LogP) is 11.1. The van der Waals surface area contributed by atoms with Crippen molar-refractivity contribution in [2.75, 3.05) is 6.61 Å². The maximum Gasteiger partial charge on any atom is 0.119 e. The monoisotopic (exact) mass is 494 g/mol. The summed E-state index contributed by atoms with van der Waals surface area (Å²) < 4.78 is 5.89. The summed E-state index contributed by atoms with van der Waals surface area (Å²) in [5, 5.41) is 0. The van der Waals surface area contributed by atoms with Crippen molar-refractivity contribution in [2.24, 2.45) is 29.6 Å². The Morgan fingerprint density at radius 2 is 1.19 bits per heavy atom. The topological polar surface area (TPSA) is 9.23 Å². The second-order valence-electron chi connectivity index (χ2n) is 13.1. The molecule has 204 valence electrons. The van der Waals surface area contributed by atoms with E-state index in [1.807, 2.05) is 0 Å². The zero-order valence-electron chi connectivity index (χ0n) is 24.0. The number of unbranched alkanes of at least 4 members (excludes halogenated alkanes) is 5. The van der Waals surface area contributed by atoms with Gasteiger partial charge in [-0.1, -0.05) is 116 Å². The van der Waals surface area contributed by atoms with Gasteiger partial charge in [-0.3, -0.25) is 0 Å². The van der Waals surface area contributed by atoms with E-state index in [0.717, 1.165) is 54.3 Å². The fraction of sp³-hybridized carbons (Fsp3) is 0.829. The summed E-state index contributed by atoms with van der Waals surface area (Å²) in [6.45, 7) is 5.40. The van der Waals surface area contributed by atoms with E-state index in [1.165, 1.54) is 77.0 Å². The van der Waals surface area contributed by atoms with E-state index in [4.69, 9.17) is 4.74 Å². The van der Waals surface area contributed by atoms with Gasteiger partial charge >= 0.3 is 0 Å². The van der Waals surface area contributed by atoms with Gasteiger partial charge in [0, 0.05) is 0 Å². The van der Waals surface area contributed by atoms with Gasteiger partial charge in [-0.05, 0) is 91.7 Å². The normalized spacial score (nSPS) is 30.6. The standard InChI is InChI=1S/C35H58O/c1-3-5-7-8-9-10-28-11-13-29(14-12-28)15-16-30-17-18-34-27-33(20-19-32(34)26-30)31-21-23-35(24-22-31)36-25-6-4-2/h21-24,28-30,32-34H,3-20,25-27H2,1-2H3. The molecule has 1 nitrogen and oxygen atoms in total. The first kappa shape index (κ1) is 28.0. The molecular weight excluding hydrogens is 436 g/mol. The minimum atomic E-state index is 0.786. The van der Waals surface area contributed by atoms with Gasteiger partial charge in [0.15, 0.2) is 0 Å². The molecule has 0 saturated heterocycles. The summed E-state index contributed by atoms with van der Waals surface area (Å²) in [6, 6.07) is 9.16. The van der Waals surface area contributed by atoms with Gasteiger partial charge in [0.25, 0.3) is 0 Å². The lowest BCUT2D eigenvalue weighted by Gasteiger charge is -2.43. The van der Waals surface area contributed by atoms with Crippen molar-refractivity contribution in [2.45, 2.75) is 148 Å². The summed E-state index contributed by atoms with van der Waals surface area (Å²) in [4.78, 5) is 0. The molecule has 3 aliphatic carbocycles. The largest absolute Gasteiger partial charge is 0.494 e. The number of rotatable bonds is 14. The first-order chi connectivity index (χ1) is 17.7. The molecule has 3 fully saturated rings. The number of hydrogen-bond acceptors (Lipinski definition) is 1. The third-order valence-electron chi connectivity index (χ3n) is 10.5. The molecule has 0 N–H and O–H groups in total. The Bertz CT molecular complexity index is 700. The SMILES string of the molecule is CCCCCCCC1CCC(CCC2CCC3CC(c4ccc(OCCCC)cc4)CCC3C2)CC1. The molecule has 4 unspecified atom stereocenters. The highest BCUT2D eigenvalue weighted by Gasteiger charge is 2.36. The second kappa shape index (κ2) is 15.4. The first-order valence-corrected chi connectivity index (χ1v) is 16.5. The van der Waals surface area contributed by atoms with Crippen molar-refractivity contribution >= 4 is 0 Å². The maximum atomic E-state index is 5.89. The van der Waals surface area contributed by atoms with E-state index in [0.29, 0.717) is 0 Å². The van der Waals surface area contributed by atoms with Crippen molar-refractivity contribution in [3.63, 3.8) is 0 Å². The van der Waals surface area contributed by atoms with Crippen molar-refractivity contribution < 1.29 is 4.74 Å². The van der Waals surface area contributed by atoms with Crippen LogP contribution in [0.25, 0.3) is 0 Å². The third kappa shape index (κ3) is 8.80. The first-order valence-electron chi connectivity index (χ1n) is 16.5. The summed E-state index contributed by atoms with van der Waals surface area (Å²) in [5.74, 6) is 7.03. The van der Waals surface area contributed by atoms with Crippen LogP contribution < -0.4 is 4.74 Å². The van der Waals surface area contributed by atoms with Crippen LogP contribution in [0.2, 0.25) is 0 Å². The molecule has 0 amide bonds. The lowest BCUT2D eigenvalue weighted by molar-refractivity contribution is 0.108. The van der Waals surface area contributed by atoms with E-state index >= 15 is 0 Å². The smallest absolute Gasteiger partial charge is 0.119 e. The van der Waals surface area contributed by atoms with Crippen LogP contribution in [0.4, 0.5) is 0 Å². The summed E-state index contributed by atoms with van der Waals surface area (Å²) in [5.41, 5.74) is 1.56. The minimum Gasteiger partial charge on any atom is -0.494 e. The zero-order chi connectivity index (χ0) is 25.0. The Kier molecular flexibility index (Phi) is 12.0. The molecule has 1 aromatic rings. The molecule has 4 rings (SSSR count). The molecule has 3 saturated carbocycles. The molecule has 36 heavy (non-hydrogen) atoms. The van der Waals surface area contributed by atoms with Crippen LogP contribution in [0.15, 0.2) is 24.3 Å². The highest BCUT2D eigenvalue weighted by Crippen LogP contribution is 2.49. The highest BCUT2D eigenvalue weighted by molar-refractivity contribution is 5.30. The molecule has 0 heterocycles. The quantitative estimate of drug-likeness (QED) is 0.234. The number of hydrogen-bond donors (Lipinski definition) is 0. The average molecular weight is 495 g/mol. The van der Waals surface area contributed by atoms with E-state index in [1.54, 1.807) is 50.5 Å². The molecule has 0 aliphatic heterocycles. The Labute approximate surface area is 224 Å². The summed E-state index contributed by atoms with van der Waals surface area (Å²) in [6.07, 6.45) is 29.3. The van der Waals surface area contributed by atoms with Crippen LogP contribution in [0.3, 0.4) is 0 Å². The van der Waals surface area contributed by atoms with Crippen LogP contribution in [0.1, 0.15) is 154 Å². The molecule has 0 aromatic heterocycles. The highest BCUT2D eigenvalue weighted by atomic mass is 16.5. The van der Waals surface area contributed by atoms with Crippen molar-refractivity contribution in [3.05, 3.63) is 29.8 Å². The summed E-state index contributed by atoms with van der Waals surface area (Å²) in [7, 11) is 0. The van der Waals surface area contributed by atoms with Crippen LogP contribution in [-0.2, 0) is 0 Å². The van der Waals surface area contributed by atoms with E-state index < -0.39 is 0 Å². The minimum absolute atomic E-state index is 0.786. The van der Waals surface area contributed by atoms with Gasteiger partial charge in [0.1, 0.15) is 5.75 Å². The summed E-state index contributed by atoms with van der Waals surface area (Å²) >= 11 is 0. The van der Waals surface area contributed by atoms with Gasteiger partial charge in [0.05, 0.1) is 6.61 Å². The molecule has 1 heteroatoms. The fourth-order valence-electron chi connectivity index (χ4n) is 8.04. The van der Waals surface area contributed by atoms with Gasteiger partial charge in [-0.2, -0.15) is 0 Å². The van der Waals surface area contributed by atoms with E-state index in [2.05, 4.69) is 38.1 Å². The molecular formula is C35H58O. The van der Waals surface area contributed by atoms with E-state index in [-0.39, 0.29) is 0 Å². The molecule has 0 spiro atoms. The lowest BCUT2D eigenvalue weighted by atomic mass is 9.63. The van der Waals surface area contributed by atoms with Crippen molar-refractivity contribution in [3.8, 4) is 5.75 Å². The van der Waals surface area contributed by atoms with Gasteiger partial charge < -0.3 is 4.74 Å². The Morgan fingerprint density at radius 3 is 1.94 bits per heavy atom. The van der Waals surface area contributed by atoms with Gasteiger partial charge in [-0.25, -0.2) is 0 Å². The van der Waals surface area contributed by atoms with Gasteiger partial charge in [-0.15, -0.1) is 0 Å². The molecule has 0 bridgehead atoms. The zero-order valence-corrected chi connectivity index (χ0v) is 24.0. The Morgan fingerprint density at radius 1 is 0.583 bits per heavy atom. The fourth-order valence-corrected chi connectivity index (χ4v) is 8.04. The van der Waals surface area contributed by atoms with Crippen LogP contribution in [0, 0.1) is 29.6 Å². The molecule has 3 aliphatic rings. The maximum absolute atomic E-state index is 5.89. The lowest BCUT2D eigenvalue weighted by Crippen LogP contribution is -2.30.